The molecular weight excluding hydrogens is 216 g/mol. The number of hydrogen-bond donors (Lipinski definition) is 2. The molecule has 0 bridgehead atoms. The average Bonchev–Trinajstić information content (AvgIpc) is 2.38. The van der Waals surface area contributed by atoms with E-state index in [4.69, 9.17) is 5.73 Å². The Bertz CT molecular complexity index is 368. The molecule has 1 heterocycles. The van der Waals surface area contributed by atoms with E-state index in [1.807, 2.05) is 0 Å². The van der Waals surface area contributed by atoms with Crippen molar-refractivity contribution in [3.63, 3.8) is 0 Å². The average molecular weight is 234 g/mol. The smallest absolute Gasteiger partial charge is 0.196 e. The maximum Gasteiger partial charge on any atom is 0.196 e. The number of hydrogen-bond acceptors (Lipinski definition) is 5. The summed E-state index contributed by atoms with van der Waals surface area (Å²) >= 11 is 0. The lowest BCUT2D eigenvalue weighted by atomic mass is 9.91. The molecule has 5 nitrogen and oxygen atoms in total. The van der Waals surface area contributed by atoms with Crippen LogP contribution in [0.5, 0.6) is 0 Å². The highest BCUT2D eigenvalue weighted by atomic mass is 16.1. The number of rotatable bonds is 4. The summed E-state index contributed by atoms with van der Waals surface area (Å²) < 4.78 is 0. The molecule has 3 N–H and O–H groups in total. The number of nitrogens with zero attached hydrogens (tertiary/aromatic N) is 2. The van der Waals surface area contributed by atoms with E-state index >= 15 is 0 Å². The summed E-state index contributed by atoms with van der Waals surface area (Å²) in [7, 11) is 0. The summed E-state index contributed by atoms with van der Waals surface area (Å²) in [4.78, 5) is 19.6. The quantitative estimate of drug-likeness (QED) is 0.742. The first-order valence-corrected chi connectivity index (χ1v) is 6.05. The van der Waals surface area contributed by atoms with Gasteiger partial charge in [-0.1, -0.05) is 12.8 Å². The van der Waals surface area contributed by atoms with Crippen molar-refractivity contribution >= 4 is 5.78 Å². The molecule has 2 rings (SSSR count). The van der Waals surface area contributed by atoms with Gasteiger partial charge in [0, 0.05) is 24.5 Å². The first-order valence-electron chi connectivity index (χ1n) is 6.05. The summed E-state index contributed by atoms with van der Waals surface area (Å²) in [5, 5.41) is 3.23. The third-order valence-corrected chi connectivity index (χ3v) is 3.19. The van der Waals surface area contributed by atoms with Crippen molar-refractivity contribution in [3.8, 4) is 0 Å². The van der Waals surface area contributed by atoms with Crippen LogP contribution in [0.25, 0.3) is 0 Å². The van der Waals surface area contributed by atoms with E-state index in [1.165, 1.54) is 25.2 Å². The SMILES string of the molecule is N[C@@H]1CCCC[C@H]1NCC(=O)c1cnccn1. The first-order chi connectivity index (χ1) is 8.27. The number of aromatic nitrogens is 2. The van der Waals surface area contributed by atoms with Crippen LogP contribution >= 0.6 is 0 Å². The number of nitrogens with one attached hydrogen (secondary N) is 1. The van der Waals surface area contributed by atoms with Crippen molar-refractivity contribution in [3.05, 3.63) is 24.3 Å². The molecule has 1 fully saturated rings. The largest absolute Gasteiger partial charge is 0.326 e. The van der Waals surface area contributed by atoms with Crippen molar-refractivity contribution in [2.24, 2.45) is 5.73 Å². The molecule has 1 aromatic heterocycles. The van der Waals surface area contributed by atoms with Gasteiger partial charge in [-0.3, -0.25) is 9.78 Å². The van der Waals surface area contributed by atoms with Crippen LogP contribution in [0.4, 0.5) is 0 Å². The Balaban J connectivity index is 1.84. The van der Waals surface area contributed by atoms with Crippen LogP contribution in [0.3, 0.4) is 0 Å². The van der Waals surface area contributed by atoms with Gasteiger partial charge in [-0.25, -0.2) is 4.98 Å². The molecule has 2 atom stereocenters. The molecule has 0 saturated heterocycles. The molecule has 5 heteroatoms. The van der Waals surface area contributed by atoms with Gasteiger partial charge >= 0.3 is 0 Å². The maximum atomic E-state index is 11.8. The molecular formula is C12H18N4O. The Hall–Kier alpha value is -1.33. The van der Waals surface area contributed by atoms with E-state index in [0.717, 1.165) is 12.8 Å². The van der Waals surface area contributed by atoms with Gasteiger partial charge in [0.1, 0.15) is 5.69 Å². The van der Waals surface area contributed by atoms with Crippen LogP contribution < -0.4 is 11.1 Å². The number of ketones is 1. The standard InChI is InChI=1S/C12H18N4O/c13-9-3-1-2-4-10(9)16-8-12(17)11-7-14-5-6-15-11/h5-7,9-10,16H,1-4,8,13H2/t9-,10-/m1/s1. The molecule has 0 aromatic carbocycles. The molecule has 1 aliphatic carbocycles. The summed E-state index contributed by atoms with van der Waals surface area (Å²) in [6.07, 6.45) is 9.04. The molecule has 0 radical (unpaired) electrons. The van der Waals surface area contributed by atoms with Gasteiger partial charge in [-0.05, 0) is 12.8 Å². The highest BCUT2D eigenvalue weighted by Crippen LogP contribution is 2.16. The zero-order chi connectivity index (χ0) is 12.1. The molecule has 17 heavy (non-hydrogen) atoms. The third-order valence-electron chi connectivity index (χ3n) is 3.19. The first kappa shape index (κ1) is 12.1. The highest BCUT2D eigenvalue weighted by Gasteiger charge is 2.22. The minimum Gasteiger partial charge on any atom is -0.326 e. The van der Waals surface area contributed by atoms with Crippen molar-refractivity contribution in [2.75, 3.05) is 6.54 Å². The molecule has 1 saturated carbocycles. The summed E-state index contributed by atoms with van der Waals surface area (Å²) in [6, 6.07) is 0.419. The second kappa shape index (κ2) is 5.84. The minimum atomic E-state index is -0.0316. The van der Waals surface area contributed by atoms with Crippen molar-refractivity contribution in [1.29, 1.82) is 0 Å². The minimum absolute atomic E-state index is 0.0316. The fraction of sp³-hybridized carbons (Fsp3) is 0.583. The van der Waals surface area contributed by atoms with Crippen LogP contribution in [0.2, 0.25) is 0 Å². The normalized spacial score (nSPS) is 24.5. The van der Waals surface area contributed by atoms with E-state index in [2.05, 4.69) is 15.3 Å². The molecule has 1 aromatic rings. The fourth-order valence-electron chi connectivity index (χ4n) is 2.17. The molecule has 0 unspecified atom stereocenters. The van der Waals surface area contributed by atoms with Crippen LogP contribution in [-0.2, 0) is 0 Å². The zero-order valence-electron chi connectivity index (χ0n) is 9.80. The Morgan fingerprint density at radius 3 is 2.94 bits per heavy atom. The summed E-state index contributed by atoms with van der Waals surface area (Å²) in [5.41, 5.74) is 6.41. The number of carbonyl (C=O) groups is 1. The maximum absolute atomic E-state index is 11.8. The fourth-order valence-corrected chi connectivity index (χ4v) is 2.17. The lowest BCUT2D eigenvalue weighted by molar-refractivity contribution is 0.0978. The molecule has 0 spiro atoms. The van der Waals surface area contributed by atoms with Gasteiger partial charge in [0.25, 0.3) is 0 Å². The molecule has 92 valence electrons. The van der Waals surface area contributed by atoms with Gasteiger partial charge < -0.3 is 11.1 Å². The monoisotopic (exact) mass is 234 g/mol. The van der Waals surface area contributed by atoms with Crippen LogP contribution in [0.15, 0.2) is 18.6 Å². The topological polar surface area (TPSA) is 80.9 Å². The molecule has 1 aliphatic rings. The summed E-state index contributed by atoms with van der Waals surface area (Å²) in [5.74, 6) is -0.0316. The van der Waals surface area contributed by atoms with Crippen LogP contribution in [0, 0.1) is 0 Å². The molecule has 0 amide bonds. The lowest BCUT2D eigenvalue weighted by Gasteiger charge is -2.29. The van der Waals surface area contributed by atoms with E-state index in [0.29, 0.717) is 5.69 Å². The van der Waals surface area contributed by atoms with E-state index < -0.39 is 0 Å². The Labute approximate surface area is 101 Å². The second-order valence-electron chi connectivity index (χ2n) is 4.45. The Kier molecular flexibility index (Phi) is 4.17. The molecule has 0 aliphatic heterocycles. The Morgan fingerprint density at radius 2 is 2.24 bits per heavy atom. The predicted octanol–water partition coefficient (Wildman–Crippen LogP) is 0.519. The van der Waals surface area contributed by atoms with Crippen LogP contribution in [-0.4, -0.2) is 34.4 Å². The van der Waals surface area contributed by atoms with Crippen molar-refractivity contribution in [1.82, 2.24) is 15.3 Å². The van der Waals surface area contributed by atoms with Gasteiger partial charge in [0.15, 0.2) is 5.78 Å². The summed E-state index contributed by atoms with van der Waals surface area (Å²) in [6.45, 7) is 0.289. The third kappa shape index (κ3) is 3.31. The number of Topliss-reactive ketones (excluding diaryl/α,β-unsaturated/α-hetero) is 1. The van der Waals surface area contributed by atoms with Gasteiger partial charge in [0.05, 0.1) is 12.7 Å². The van der Waals surface area contributed by atoms with E-state index in [-0.39, 0.29) is 24.4 Å². The lowest BCUT2D eigenvalue weighted by Crippen LogP contribution is -2.48. The number of nitrogens with two attached hydrogens (primary N) is 1. The number of carbonyl (C=O) groups excluding carboxylic acids is 1. The second-order valence-corrected chi connectivity index (χ2v) is 4.45. The van der Waals surface area contributed by atoms with Gasteiger partial charge in [-0.2, -0.15) is 0 Å². The van der Waals surface area contributed by atoms with E-state index in [1.54, 1.807) is 6.20 Å². The predicted molar refractivity (Wildman–Crippen MR) is 64.6 cm³/mol. The van der Waals surface area contributed by atoms with E-state index in [9.17, 15) is 4.79 Å². The van der Waals surface area contributed by atoms with Gasteiger partial charge in [-0.15, -0.1) is 0 Å². The van der Waals surface area contributed by atoms with Crippen molar-refractivity contribution < 1.29 is 4.79 Å². The highest BCUT2D eigenvalue weighted by molar-refractivity contribution is 5.95. The van der Waals surface area contributed by atoms with Gasteiger partial charge in [0.2, 0.25) is 0 Å². The van der Waals surface area contributed by atoms with Crippen LogP contribution in [0.1, 0.15) is 36.2 Å². The van der Waals surface area contributed by atoms with Crippen molar-refractivity contribution in [2.45, 2.75) is 37.8 Å². The Morgan fingerprint density at radius 1 is 1.41 bits per heavy atom. The zero-order valence-corrected chi connectivity index (χ0v) is 9.80.